The highest BCUT2D eigenvalue weighted by molar-refractivity contribution is 5.91. The van der Waals surface area contributed by atoms with Gasteiger partial charge in [-0.15, -0.1) is 0 Å². The molecule has 0 spiro atoms. The van der Waals surface area contributed by atoms with Gasteiger partial charge in [-0.05, 0) is 74.7 Å². The van der Waals surface area contributed by atoms with Crippen LogP contribution in [0.4, 0.5) is 0 Å². The lowest BCUT2D eigenvalue weighted by atomic mass is 9.49. The molecule has 0 N–H and O–H groups in total. The zero-order valence-electron chi connectivity index (χ0n) is 12.8. The van der Waals surface area contributed by atoms with Gasteiger partial charge in [-0.25, -0.2) is 0 Å². The van der Waals surface area contributed by atoms with Crippen LogP contribution in [0.15, 0.2) is 11.6 Å². The van der Waals surface area contributed by atoms with Gasteiger partial charge in [-0.1, -0.05) is 12.5 Å². The van der Waals surface area contributed by atoms with Gasteiger partial charge >= 0.3 is 0 Å². The number of ketones is 1. The van der Waals surface area contributed by atoms with Crippen LogP contribution in [0.3, 0.4) is 0 Å². The SMILES string of the molecule is C[C@]12CCC(=O)C=C1CC[C@@H]1[C@H]2CC[C@]2(C)OCC[C@@H]12. The summed E-state index contributed by atoms with van der Waals surface area (Å²) in [6.07, 6.45) is 10.0. The fourth-order valence-corrected chi connectivity index (χ4v) is 5.96. The fourth-order valence-electron chi connectivity index (χ4n) is 5.96. The van der Waals surface area contributed by atoms with E-state index in [2.05, 4.69) is 13.8 Å². The molecule has 0 aromatic rings. The van der Waals surface area contributed by atoms with Crippen LogP contribution in [0.5, 0.6) is 0 Å². The highest BCUT2D eigenvalue weighted by Gasteiger charge is 2.56. The third-order valence-corrected chi connectivity index (χ3v) is 7.16. The second kappa shape index (κ2) is 4.19. The lowest BCUT2D eigenvalue weighted by molar-refractivity contribution is -0.119. The molecule has 2 heteroatoms. The molecule has 2 saturated carbocycles. The normalized spacial score (nSPS) is 51.0. The van der Waals surface area contributed by atoms with Crippen molar-refractivity contribution in [2.75, 3.05) is 6.61 Å². The molecule has 20 heavy (non-hydrogen) atoms. The van der Waals surface area contributed by atoms with E-state index in [-0.39, 0.29) is 5.60 Å². The van der Waals surface area contributed by atoms with Gasteiger partial charge in [0.1, 0.15) is 0 Å². The Morgan fingerprint density at radius 3 is 2.80 bits per heavy atom. The molecule has 1 aliphatic heterocycles. The first-order valence-electron chi connectivity index (χ1n) is 8.41. The van der Waals surface area contributed by atoms with Crippen LogP contribution < -0.4 is 0 Å². The molecule has 5 atom stereocenters. The second-order valence-corrected chi connectivity index (χ2v) is 7.96. The number of hydrogen-bond acceptors (Lipinski definition) is 2. The zero-order chi connectivity index (χ0) is 14.0. The first kappa shape index (κ1) is 13.1. The van der Waals surface area contributed by atoms with E-state index in [4.69, 9.17) is 4.74 Å². The smallest absolute Gasteiger partial charge is 0.155 e. The topological polar surface area (TPSA) is 26.3 Å². The van der Waals surface area contributed by atoms with Crippen LogP contribution in [0, 0.1) is 23.2 Å². The minimum absolute atomic E-state index is 0.156. The Labute approximate surface area is 122 Å². The Bertz CT molecular complexity index is 480. The van der Waals surface area contributed by atoms with Crippen molar-refractivity contribution >= 4 is 5.78 Å². The van der Waals surface area contributed by atoms with Crippen LogP contribution >= 0.6 is 0 Å². The Hall–Kier alpha value is -0.630. The molecule has 1 saturated heterocycles. The van der Waals surface area contributed by atoms with Gasteiger partial charge in [0.25, 0.3) is 0 Å². The molecule has 3 fully saturated rings. The molecule has 0 aromatic heterocycles. The predicted molar refractivity (Wildman–Crippen MR) is 78.3 cm³/mol. The third kappa shape index (κ3) is 1.63. The summed E-state index contributed by atoms with van der Waals surface area (Å²) in [6, 6.07) is 0. The monoisotopic (exact) mass is 274 g/mol. The predicted octanol–water partition coefficient (Wildman–Crippen LogP) is 3.90. The quantitative estimate of drug-likeness (QED) is 0.669. The van der Waals surface area contributed by atoms with E-state index in [1.807, 2.05) is 6.08 Å². The van der Waals surface area contributed by atoms with Gasteiger partial charge in [-0.2, -0.15) is 0 Å². The Morgan fingerprint density at radius 1 is 1.10 bits per heavy atom. The number of carbonyl (C=O) groups excluding carboxylic acids is 1. The van der Waals surface area contributed by atoms with Crippen molar-refractivity contribution < 1.29 is 9.53 Å². The Morgan fingerprint density at radius 2 is 1.95 bits per heavy atom. The highest BCUT2D eigenvalue weighted by atomic mass is 16.5. The number of fused-ring (bicyclic) bond motifs is 5. The molecule has 2 nitrogen and oxygen atoms in total. The molecule has 0 radical (unpaired) electrons. The van der Waals surface area contributed by atoms with E-state index in [0.717, 1.165) is 43.6 Å². The fraction of sp³-hybridized carbons (Fsp3) is 0.833. The molecule has 3 aliphatic carbocycles. The summed E-state index contributed by atoms with van der Waals surface area (Å²) >= 11 is 0. The summed E-state index contributed by atoms with van der Waals surface area (Å²) in [5, 5.41) is 0. The van der Waals surface area contributed by atoms with E-state index in [1.165, 1.54) is 31.3 Å². The van der Waals surface area contributed by atoms with E-state index in [9.17, 15) is 4.79 Å². The third-order valence-electron chi connectivity index (χ3n) is 7.16. The molecule has 0 amide bonds. The maximum Gasteiger partial charge on any atom is 0.155 e. The largest absolute Gasteiger partial charge is 0.375 e. The average molecular weight is 274 g/mol. The van der Waals surface area contributed by atoms with Crippen molar-refractivity contribution in [2.45, 2.75) is 64.4 Å². The number of allylic oxidation sites excluding steroid dienone is 2. The van der Waals surface area contributed by atoms with Gasteiger partial charge in [0.05, 0.1) is 5.60 Å². The maximum absolute atomic E-state index is 11.8. The van der Waals surface area contributed by atoms with Crippen molar-refractivity contribution in [3.8, 4) is 0 Å². The lowest BCUT2D eigenvalue weighted by Crippen LogP contribution is -2.52. The van der Waals surface area contributed by atoms with Crippen molar-refractivity contribution in [2.24, 2.45) is 23.2 Å². The lowest BCUT2D eigenvalue weighted by Gasteiger charge is -2.56. The molecule has 110 valence electrons. The molecule has 1 heterocycles. The van der Waals surface area contributed by atoms with Crippen LogP contribution in [0.1, 0.15) is 58.8 Å². The van der Waals surface area contributed by atoms with Gasteiger partial charge in [-0.3, -0.25) is 4.79 Å². The number of ether oxygens (including phenoxy) is 1. The summed E-state index contributed by atoms with van der Waals surface area (Å²) in [4.78, 5) is 11.8. The Kier molecular flexibility index (Phi) is 2.74. The van der Waals surface area contributed by atoms with Crippen LogP contribution in [0.25, 0.3) is 0 Å². The first-order valence-corrected chi connectivity index (χ1v) is 8.41. The first-order chi connectivity index (χ1) is 9.53. The van der Waals surface area contributed by atoms with Gasteiger partial charge in [0.15, 0.2) is 5.78 Å². The summed E-state index contributed by atoms with van der Waals surface area (Å²) in [7, 11) is 0. The molecule has 0 bridgehead atoms. The highest BCUT2D eigenvalue weighted by Crippen LogP contribution is 2.61. The molecular formula is C18H26O2. The number of carbonyl (C=O) groups is 1. The van der Waals surface area contributed by atoms with Crippen LogP contribution in [-0.4, -0.2) is 18.0 Å². The van der Waals surface area contributed by atoms with Crippen molar-refractivity contribution in [3.05, 3.63) is 11.6 Å². The van der Waals surface area contributed by atoms with Crippen molar-refractivity contribution in [3.63, 3.8) is 0 Å². The summed E-state index contributed by atoms with van der Waals surface area (Å²) in [6.45, 7) is 5.75. The molecule has 4 aliphatic rings. The van der Waals surface area contributed by atoms with Crippen LogP contribution in [0.2, 0.25) is 0 Å². The number of hydrogen-bond donors (Lipinski definition) is 0. The maximum atomic E-state index is 11.8. The van der Waals surface area contributed by atoms with E-state index < -0.39 is 0 Å². The summed E-state index contributed by atoms with van der Waals surface area (Å²) in [5.74, 6) is 2.74. The molecule has 0 unspecified atom stereocenters. The summed E-state index contributed by atoms with van der Waals surface area (Å²) < 4.78 is 6.11. The van der Waals surface area contributed by atoms with E-state index in [1.54, 1.807) is 0 Å². The standard InChI is InChI=1S/C18H26O2/c1-17-8-5-13(19)11-12(17)3-4-14-15(17)6-9-18(2)16(14)7-10-20-18/h11,14-16H,3-10H2,1-2H3/t14-,15-,16+,17+,18+/m1/s1. The molecular weight excluding hydrogens is 248 g/mol. The second-order valence-electron chi connectivity index (χ2n) is 7.96. The zero-order valence-corrected chi connectivity index (χ0v) is 12.8. The van der Waals surface area contributed by atoms with Crippen molar-refractivity contribution in [1.82, 2.24) is 0 Å². The van der Waals surface area contributed by atoms with E-state index in [0.29, 0.717) is 11.2 Å². The minimum Gasteiger partial charge on any atom is -0.375 e. The number of rotatable bonds is 0. The van der Waals surface area contributed by atoms with Crippen LogP contribution in [-0.2, 0) is 9.53 Å². The van der Waals surface area contributed by atoms with Gasteiger partial charge in [0.2, 0.25) is 0 Å². The Balaban J connectivity index is 1.69. The van der Waals surface area contributed by atoms with Gasteiger partial charge < -0.3 is 4.74 Å². The average Bonchev–Trinajstić information content (AvgIpc) is 2.81. The minimum atomic E-state index is 0.156. The van der Waals surface area contributed by atoms with Gasteiger partial charge in [0, 0.05) is 13.0 Å². The molecule has 0 aromatic carbocycles. The summed E-state index contributed by atoms with van der Waals surface area (Å²) in [5.41, 5.74) is 1.93. The van der Waals surface area contributed by atoms with E-state index >= 15 is 0 Å². The van der Waals surface area contributed by atoms with Crippen molar-refractivity contribution in [1.29, 1.82) is 0 Å². The molecule has 4 rings (SSSR count).